The predicted molar refractivity (Wildman–Crippen MR) is 77.6 cm³/mol. The fraction of sp³-hybridized carbons (Fsp3) is 0.562. The van der Waals surface area contributed by atoms with Crippen LogP contribution in [0.4, 0.5) is 4.39 Å². The van der Waals surface area contributed by atoms with E-state index in [1.54, 1.807) is 12.1 Å². The van der Waals surface area contributed by atoms with Crippen LogP contribution in [-0.2, 0) is 4.79 Å². The van der Waals surface area contributed by atoms with Gasteiger partial charge in [-0.3, -0.25) is 4.79 Å². The molecule has 0 heterocycles. The van der Waals surface area contributed by atoms with Crippen molar-refractivity contribution in [3.8, 4) is 0 Å². The molecule has 110 valence electrons. The summed E-state index contributed by atoms with van der Waals surface area (Å²) >= 11 is 0. The summed E-state index contributed by atoms with van der Waals surface area (Å²) in [5, 5.41) is 2.95. The highest BCUT2D eigenvalue weighted by Gasteiger charge is 2.30. The number of nitrogens with one attached hydrogen (secondary N) is 1. The Morgan fingerprint density at radius 2 is 1.90 bits per heavy atom. The van der Waals surface area contributed by atoms with E-state index in [9.17, 15) is 9.18 Å². The molecule has 0 bridgehead atoms. The first kappa shape index (κ1) is 15.0. The van der Waals surface area contributed by atoms with Crippen LogP contribution in [0.15, 0.2) is 24.3 Å². The number of nitrogens with two attached hydrogens (primary N) is 1. The Bertz CT molecular complexity index is 452. The van der Waals surface area contributed by atoms with E-state index < -0.39 is 0 Å². The van der Waals surface area contributed by atoms with Crippen molar-refractivity contribution in [2.45, 2.75) is 57.0 Å². The molecule has 0 aromatic heterocycles. The highest BCUT2D eigenvalue weighted by molar-refractivity contribution is 5.77. The van der Waals surface area contributed by atoms with Crippen molar-refractivity contribution in [2.24, 2.45) is 5.73 Å². The topological polar surface area (TPSA) is 55.1 Å². The Kier molecular flexibility index (Phi) is 4.76. The maximum absolute atomic E-state index is 12.9. The van der Waals surface area contributed by atoms with Gasteiger partial charge in [0.15, 0.2) is 0 Å². The second kappa shape index (κ2) is 6.35. The van der Waals surface area contributed by atoms with Crippen LogP contribution in [0.1, 0.15) is 57.1 Å². The number of hydrogen-bond acceptors (Lipinski definition) is 2. The van der Waals surface area contributed by atoms with E-state index in [2.05, 4.69) is 5.32 Å². The Hall–Kier alpha value is -1.42. The molecule has 0 aliphatic heterocycles. The van der Waals surface area contributed by atoms with E-state index >= 15 is 0 Å². The van der Waals surface area contributed by atoms with Gasteiger partial charge in [-0.05, 0) is 37.5 Å². The molecule has 4 heteroatoms. The predicted octanol–water partition coefficient (Wildman–Crippen LogP) is 3.05. The number of carbonyl (C=O) groups is 1. The van der Waals surface area contributed by atoms with Gasteiger partial charge >= 0.3 is 0 Å². The SMILES string of the molecule is C[C@H](NC(=O)CC1(N)CCCCC1)c1ccc(F)cc1. The van der Waals surface area contributed by atoms with Crippen molar-refractivity contribution in [1.82, 2.24) is 5.32 Å². The lowest BCUT2D eigenvalue weighted by Crippen LogP contribution is -2.46. The summed E-state index contributed by atoms with van der Waals surface area (Å²) in [5.41, 5.74) is 6.84. The summed E-state index contributed by atoms with van der Waals surface area (Å²) < 4.78 is 12.9. The Morgan fingerprint density at radius 1 is 1.30 bits per heavy atom. The third-order valence-corrected chi connectivity index (χ3v) is 4.11. The standard InChI is InChI=1S/C16H23FN2O/c1-12(13-5-7-14(17)8-6-13)19-15(20)11-16(18)9-3-2-4-10-16/h5-8,12H,2-4,9-11,18H2,1H3,(H,19,20)/t12-/m0/s1. The monoisotopic (exact) mass is 278 g/mol. The maximum Gasteiger partial charge on any atom is 0.222 e. The van der Waals surface area contributed by atoms with Gasteiger partial charge in [0.05, 0.1) is 6.04 Å². The number of benzene rings is 1. The van der Waals surface area contributed by atoms with Gasteiger partial charge in [0, 0.05) is 12.0 Å². The van der Waals surface area contributed by atoms with Gasteiger partial charge in [-0.25, -0.2) is 4.39 Å². The molecule has 0 spiro atoms. The minimum Gasteiger partial charge on any atom is -0.350 e. The van der Waals surface area contributed by atoms with Crippen molar-refractivity contribution in [2.75, 3.05) is 0 Å². The largest absolute Gasteiger partial charge is 0.350 e. The van der Waals surface area contributed by atoms with Crippen LogP contribution in [-0.4, -0.2) is 11.4 Å². The summed E-state index contributed by atoms with van der Waals surface area (Å²) in [7, 11) is 0. The quantitative estimate of drug-likeness (QED) is 0.889. The van der Waals surface area contributed by atoms with Crippen molar-refractivity contribution < 1.29 is 9.18 Å². The van der Waals surface area contributed by atoms with Crippen molar-refractivity contribution in [1.29, 1.82) is 0 Å². The molecule has 0 unspecified atom stereocenters. The molecule has 1 saturated carbocycles. The molecule has 1 aromatic carbocycles. The molecule has 0 radical (unpaired) electrons. The van der Waals surface area contributed by atoms with Crippen molar-refractivity contribution in [3.05, 3.63) is 35.6 Å². The fourth-order valence-corrected chi connectivity index (χ4v) is 2.88. The Balaban J connectivity index is 1.89. The van der Waals surface area contributed by atoms with E-state index in [1.807, 2.05) is 6.92 Å². The molecule has 3 N–H and O–H groups in total. The molecular formula is C16H23FN2O. The van der Waals surface area contributed by atoms with Gasteiger partial charge in [-0.2, -0.15) is 0 Å². The van der Waals surface area contributed by atoms with Crippen LogP contribution < -0.4 is 11.1 Å². The lowest BCUT2D eigenvalue weighted by atomic mass is 9.80. The lowest BCUT2D eigenvalue weighted by molar-refractivity contribution is -0.123. The molecular weight excluding hydrogens is 255 g/mol. The van der Waals surface area contributed by atoms with E-state index in [-0.39, 0.29) is 23.3 Å². The van der Waals surface area contributed by atoms with Gasteiger partial charge in [0.25, 0.3) is 0 Å². The fourth-order valence-electron chi connectivity index (χ4n) is 2.88. The summed E-state index contributed by atoms with van der Waals surface area (Å²) in [6.07, 6.45) is 5.65. The van der Waals surface area contributed by atoms with Crippen LogP contribution in [0.5, 0.6) is 0 Å². The number of halogens is 1. The average molecular weight is 278 g/mol. The van der Waals surface area contributed by atoms with Crippen LogP contribution in [0.25, 0.3) is 0 Å². The first-order valence-corrected chi connectivity index (χ1v) is 7.32. The molecule has 2 rings (SSSR count). The minimum absolute atomic E-state index is 0.0220. The second-order valence-corrected chi connectivity index (χ2v) is 5.94. The summed E-state index contributed by atoms with van der Waals surface area (Å²) in [6.45, 7) is 1.90. The van der Waals surface area contributed by atoms with Crippen molar-refractivity contribution >= 4 is 5.91 Å². The highest BCUT2D eigenvalue weighted by atomic mass is 19.1. The first-order chi connectivity index (χ1) is 9.48. The molecule has 1 aliphatic rings. The zero-order valence-electron chi connectivity index (χ0n) is 12.0. The summed E-state index contributed by atoms with van der Waals surface area (Å²) in [4.78, 5) is 12.1. The van der Waals surface area contributed by atoms with Crippen LogP contribution in [0.3, 0.4) is 0 Å². The maximum atomic E-state index is 12.9. The minimum atomic E-state index is -0.342. The highest BCUT2D eigenvalue weighted by Crippen LogP contribution is 2.28. The summed E-state index contributed by atoms with van der Waals surface area (Å²) in [6, 6.07) is 6.07. The lowest BCUT2D eigenvalue weighted by Gasteiger charge is -2.33. The van der Waals surface area contributed by atoms with Crippen LogP contribution in [0, 0.1) is 5.82 Å². The van der Waals surface area contributed by atoms with E-state index in [0.29, 0.717) is 6.42 Å². The molecule has 1 amide bonds. The normalized spacial score (nSPS) is 19.4. The molecule has 1 aromatic rings. The third-order valence-electron chi connectivity index (χ3n) is 4.11. The van der Waals surface area contributed by atoms with E-state index in [4.69, 9.17) is 5.73 Å². The molecule has 20 heavy (non-hydrogen) atoms. The van der Waals surface area contributed by atoms with Gasteiger partial charge in [-0.1, -0.05) is 31.4 Å². The van der Waals surface area contributed by atoms with Crippen LogP contribution >= 0.6 is 0 Å². The van der Waals surface area contributed by atoms with Crippen molar-refractivity contribution in [3.63, 3.8) is 0 Å². The second-order valence-electron chi connectivity index (χ2n) is 5.94. The Labute approximate surface area is 119 Å². The van der Waals surface area contributed by atoms with E-state index in [1.165, 1.54) is 18.6 Å². The smallest absolute Gasteiger partial charge is 0.222 e. The Morgan fingerprint density at radius 3 is 2.50 bits per heavy atom. The van der Waals surface area contributed by atoms with Gasteiger partial charge in [-0.15, -0.1) is 0 Å². The van der Waals surface area contributed by atoms with E-state index in [0.717, 1.165) is 31.2 Å². The van der Waals surface area contributed by atoms with Gasteiger partial charge in [0.1, 0.15) is 5.82 Å². The molecule has 1 aliphatic carbocycles. The number of hydrogen-bond donors (Lipinski definition) is 2. The molecule has 3 nitrogen and oxygen atoms in total. The third kappa shape index (κ3) is 4.04. The average Bonchev–Trinajstić information content (AvgIpc) is 2.39. The van der Waals surface area contributed by atoms with Gasteiger partial charge < -0.3 is 11.1 Å². The first-order valence-electron chi connectivity index (χ1n) is 7.32. The number of amides is 1. The molecule has 1 fully saturated rings. The van der Waals surface area contributed by atoms with Gasteiger partial charge in [0.2, 0.25) is 5.91 Å². The number of carbonyl (C=O) groups excluding carboxylic acids is 1. The molecule has 1 atom stereocenters. The van der Waals surface area contributed by atoms with Crippen LogP contribution in [0.2, 0.25) is 0 Å². The summed E-state index contributed by atoms with van der Waals surface area (Å²) in [5.74, 6) is -0.290. The number of rotatable bonds is 4. The zero-order chi connectivity index (χ0) is 14.6. The molecule has 0 saturated heterocycles. The zero-order valence-corrected chi connectivity index (χ0v) is 12.0.